The van der Waals surface area contributed by atoms with E-state index in [1.54, 1.807) is 27.8 Å². The maximum atomic E-state index is 4.19. The van der Waals surface area contributed by atoms with Crippen LogP contribution >= 0.6 is 0 Å². The summed E-state index contributed by atoms with van der Waals surface area (Å²) in [6, 6.07) is 0. The van der Waals surface area contributed by atoms with Crippen molar-refractivity contribution in [2.24, 2.45) is 15.2 Å². The van der Waals surface area contributed by atoms with E-state index in [1.165, 1.54) is 64.2 Å². The zero-order chi connectivity index (χ0) is 19.6. The van der Waals surface area contributed by atoms with E-state index in [2.05, 4.69) is 57.7 Å². The van der Waals surface area contributed by atoms with E-state index in [-0.39, 0.29) is 5.54 Å². The molecule has 2 aliphatic carbocycles. The first-order valence-electron chi connectivity index (χ1n) is 10.7. The van der Waals surface area contributed by atoms with Gasteiger partial charge in [0.25, 0.3) is 0 Å². The maximum absolute atomic E-state index is 4.19. The normalized spacial score (nSPS) is 22.8. The van der Waals surface area contributed by atoms with Gasteiger partial charge in [-0.3, -0.25) is 0 Å². The molecule has 2 rings (SSSR count). The van der Waals surface area contributed by atoms with E-state index in [1.807, 2.05) is 0 Å². The van der Waals surface area contributed by atoms with Gasteiger partial charge in [-0.05, 0) is 0 Å². The van der Waals surface area contributed by atoms with Gasteiger partial charge in [-0.15, -0.1) is 0 Å². The summed E-state index contributed by atoms with van der Waals surface area (Å²) in [4.78, 5) is 0. The minimum atomic E-state index is 0.231. The zero-order valence-electron chi connectivity index (χ0n) is 18.2. The van der Waals surface area contributed by atoms with Crippen LogP contribution in [0.3, 0.4) is 0 Å². The van der Waals surface area contributed by atoms with Gasteiger partial charge in [0.05, 0.1) is 0 Å². The minimum absolute atomic E-state index is 0.231. The first kappa shape index (κ1) is 27.8. The molecule has 0 aromatic rings. The van der Waals surface area contributed by atoms with Gasteiger partial charge in [0.15, 0.2) is 0 Å². The van der Waals surface area contributed by atoms with Crippen molar-refractivity contribution in [2.45, 2.75) is 118 Å². The van der Waals surface area contributed by atoms with Crippen LogP contribution in [0.4, 0.5) is 0 Å². The fourth-order valence-electron chi connectivity index (χ4n) is 2.87. The third-order valence-corrected chi connectivity index (χ3v) is 6.60. The standard InChI is InChI=1S/C10H19.C6H11.C5H11N.C2H5.Nb/c1-3-9-6-5-7-10(4-2)8-9;1-2-4-6-5-3-1;1-4-5(2,3)6;1-2;/h5,9-10H,3-4,6-8H2,1-2H3;1H,2-6H2;4H2,1-3H3;1H2,2H3;/q2*-1;;-1;. The van der Waals surface area contributed by atoms with Crippen LogP contribution in [0.15, 0.2) is 3.34 Å². The average Bonchev–Trinajstić information content (AvgIpc) is 2.71. The molecule has 0 aromatic carbocycles. The van der Waals surface area contributed by atoms with Crippen LogP contribution < -0.4 is 0 Å². The third-order valence-electron chi connectivity index (χ3n) is 5.27. The van der Waals surface area contributed by atoms with E-state index in [0.29, 0.717) is 0 Å². The maximum Gasteiger partial charge on any atom is -0.0525 e. The summed E-state index contributed by atoms with van der Waals surface area (Å²) in [5, 5.41) is 0. The van der Waals surface area contributed by atoms with Crippen LogP contribution in [0.2, 0.25) is 0 Å². The Balaban J connectivity index is 0. The Morgan fingerprint density at radius 3 is 1.60 bits per heavy atom. The van der Waals surface area contributed by atoms with Crippen molar-refractivity contribution in [3.8, 4) is 0 Å². The Kier molecular flexibility index (Phi) is 21.4. The molecule has 1 nitrogen and oxygen atoms in total. The monoisotopic (exact) mass is 429 g/mol. The molecule has 0 radical (unpaired) electrons. The summed E-state index contributed by atoms with van der Waals surface area (Å²) in [7, 11) is 0. The zero-order valence-corrected chi connectivity index (χ0v) is 20.4. The Morgan fingerprint density at radius 1 is 0.920 bits per heavy atom. The fraction of sp³-hybridized carbons (Fsp3) is 0.870. The smallest absolute Gasteiger partial charge is 0.0525 e. The molecule has 2 heteroatoms. The Morgan fingerprint density at radius 2 is 1.40 bits per heavy atom. The van der Waals surface area contributed by atoms with E-state index < -0.39 is 0 Å². The molecule has 0 amide bonds. The van der Waals surface area contributed by atoms with Crippen molar-refractivity contribution in [3.05, 3.63) is 19.8 Å². The van der Waals surface area contributed by atoms with Crippen LogP contribution in [0.5, 0.6) is 0 Å². The number of hydrogen-bond donors (Lipinski definition) is 0. The molecule has 0 heterocycles. The van der Waals surface area contributed by atoms with E-state index in [9.17, 15) is 0 Å². The number of hydrogen-bond acceptors (Lipinski definition) is 1. The van der Waals surface area contributed by atoms with E-state index in [4.69, 9.17) is 0 Å². The average molecular weight is 430 g/mol. The molecule has 0 saturated heterocycles. The summed E-state index contributed by atoms with van der Waals surface area (Å²) >= 11 is 1.55. The third kappa shape index (κ3) is 17.7. The molecule has 2 atom stereocenters. The van der Waals surface area contributed by atoms with Gasteiger partial charge in [-0.2, -0.15) is 32.6 Å². The molecule has 0 spiro atoms. The van der Waals surface area contributed by atoms with E-state index in [0.717, 1.165) is 18.3 Å². The Hall–Kier alpha value is 0.540. The SMILES string of the molecule is CCC(C)(C)[N]=[Nb].CCC1C[CH-]CC(CC)C1.[CH-]1CCCCC1.[CH2-]C. The van der Waals surface area contributed by atoms with Crippen LogP contribution in [0.25, 0.3) is 0 Å². The first-order chi connectivity index (χ1) is 12.0. The van der Waals surface area contributed by atoms with Crippen LogP contribution in [-0.2, 0) is 20.9 Å². The summed E-state index contributed by atoms with van der Waals surface area (Å²) in [5.74, 6) is 2.03. The molecule has 0 N–H and O–H groups in total. The molecule has 2 fully saturated rings. The molecule has 2 saturated carbocycles. The van der Waals surface area contributed by atoms with Crippen molar-refractivity contribution in [3.63, 3.8) is 0 Å². The molecule has 25 heavy (non-hydrogen) atoms. The van der Waals surface area contributed by atoms with Gasteiger partial charge in [0.1, 0.15) is 0 Å². The quantitative estimate of drug-likeness (QED) is 0.315. The molecular formula is C23H46NNb-3. The van der Waals surface area contributed by atoms with Crippen molar-refractivity contribution >= 4 is 0 Å². The second kappa shape index (κ2) is 19.3. The van der Waals surface area contributed by atoms with Gasteiger partial charge < -0.3 is 19.8 Å². The largest absolute Gasteiger partial charge is 0.346 e. The van der Waals surface area contributed by atoms with Crippen LogP contribution in [0.1, 0.15) is 112 Å². The molecule has 0 aliphatic heterocycles. The predicted molar refractivity (Wildman–Crippen MR) is 111 cm³/mol. The summed E-state index contributed by atoms with van der Waals surface area (Å²) in [5.41, 5.74) is 0.231. The van der Waals surface area contributed by atoms with Crippen molar-refractivity contribution < 1.29 is 20.9 Å². The molecule has 2 aliphatic rings. The topological polar surface area (TPSA) is 12.4 Å². The summed E-state index contributed by atoms with van der Waals surface area (Å²) in [6.07, 6.45) is 20.2. The summed E-state index contributed by atoms with van der Waals surface area (Å²) in [6.45, 7) is 16.1. The van der Waals surface area contributed by atoms with Crippen LogP contribution in [-0.4, -0.2) is 5.54 Å². The van der Waals surface area contributed by atoms with E-state index >= 15 is 0 Å². The van der Waals surface area contributed by atoms with Gasteiger partial charge in [-0.25, -0.2) is 0 Å². The van der Waals surface area contributed by atoms with Crippen molar-refractivity contribution in [1.29, 1.82) is 0 Å². The molecular weight excluding hydrogens is 383 g/mol. The van der Waals surface area contributed by atoms with Crippen LogP contribution in [0, 0.1) is 31.6 Å². The predicted octanol–water partition coefficient (Wildman–Crippen LogP) is 8.33. The molecule has 0 aromatic heterocycles. The van der Waals surface area contributed by atoms with Gasteiger partial charge in [-0.1, -0.05) is 64.2 Å². The van der Waals surface area contributed by atoms with Gasteiger partial charge in [0, 0.05) is 0 Å². The Labute approximate surface area is 173 Å². The Bertz CT molecular complexity index is 250. The van der Waals surface area contributed by atoms with Crippen molar-refractivity contribution in [1.82, 2.24) is 0 Å². The molecule has 151 valence electrons. The van der Waals surface area contributed by atoms with Gasteiger partial charge >= 0.3 is 57.0 Å². The summed E-state index contributed by atoms with van der Waals surface area (Å²) < 4.78 is 4.19. The number of rotatable bonds is 4. The first-order valence-corrected chi connectivity index (χ1v) is 11.7. The fourth-order valence-corrected chi connectivity index (χ4v) is 3.21. The minimum Gasteiger partial charge on any atom is -0.346 e. The van der Waals surface area contributed by atoms with Gasteiger partial charge in [0.2, 0.25) is 0 Å². The second-order valence-corrected chi connectivity index (χ2v) is 8.23. The molecule has 2 unspecified atom stereocenters. The number of nitrogens with zero attached hydrogens (tertiary/aromatic N) is 1. The van der Waals surface area contributed by atoms with Crippen molar-refractivity contribution in [2.75, 3.05) is 0 Å². The molecule has 0 bridgehead atoms. The second-order valence-electron chi connectivity index (χ2n) is 7.74.